The van der Waals surface area contributed by atoms with Crippen molar-refractivity contribution in [2.24, 2.45) is 0 Å². The zero-order valence-electron chi connectivity index (χ0n) is 11.5. The van der Waals surface area contributed by atoms with E-state index in [1.54, 1.807) is 6.07 Å². The summed E-state index contributed by atoms with van der Waals surface area (Å²) in [6.07, 6.45) is 0.747. The van der Waals surface area contributed by atoms with Gasteiger partial charge in [0.1, 0.15) is 5.82 Å². The van der Waals surface area contributed by atoms with Gasteiger partial charge in [0, 0.05) is 18.6 Å². The van der Waals surface area contributed by atoms with E-state index in [9.17, 15) is 4.39 Å². The average molecular weight is 527 g/mol. The highest BCUT2D eigenvalue weighted by molar-refractivity contribution is 14.1. The van der Waals surface area contributed by atoms with Crippen LogP contribution in [0.4, 0.5) is 4.39 Å². The first-order valence-corrected chi connectivity index (χ1v) is 9.29. The maximum Gasteiger partial charge on any atom is 0.124 e. The summed E-state index contributed by atoms with van der Waals surface area (Å²) in [6.45, 7) is 2.95. The first kappa shape index (κ1) is 17.4. The van der Waals surface area contributed by atoms with Crippen LogP contribution in [0.3, 0.4) is 0 Å². The van der Waals surface area contributed by atoms with Crippen molar-refractivity contribution in [3.63, 3.8) is 0 Å². The number of hydrogen-bond donors (Lipinski definition) is 1. The Bertz CT molecular complexity index is 613. The molecule has 0 bridgehead atoms. The maximum absolute atomic E-state index is 13.6. The summed E-state index contributed by atoms with van der Waals surface area (Å²) < 4.78 is 16.6. The van der Waals surface area contributed by atoms with E-state index >= 15 is 0 Å². The van der Waals surface area contributed by atoms with Crippen molar-refractivity contribution in [1.82, 2.24) is 5.32 Å². The van der Waals surface area contributed by atoms with Crippen LogP contribution >= 0.6 is 54.5 Å². The number of benzene rings is 2. The van der Waals surface area contributed by atoms with Crippen LogP contribution in [0, 0.1) is 9.39 Å². The van der Waals surface area contributed by atoms with E-state index in [1.807, 2.05) is 12.1 Å². The van der Waals surface area contributed by atoms with E-state index in [1.165, 1.54) is 15.2 Å². The molecule has 1 atom stereocenters. The molecule has 2 aromatic rings. The fourth-order valence-electron chi connectivity index (χ4n) is 2.28. The van der Waals surface area contributed by atoms with Crippen molar-refractivity contribution in [2.45, 2.75) is 19.4 Å². The minimum absolute atomic E-state index is 0.160. The Balaban J connectivity index is 2.32. The molecule has 1 nitrogen and oxygen atoms in total. The van der Waals surface area contributed by atoms with Gasteiger partial charge in [-0.15, -0.1) is 0 Å². The fourth-order valence-corrected chi connectivity index (χ4v) is 3.89. The van der Waals surface area contributed by atoms with E-state index in [0.717, 1.165) is 27.5 Å². The predicted octanol–water partition coefficient (Wildman–Crippen LogP) is 5.85. The molecule has 5 heteroatoms. The van der Waals surface area contributed by atoms with Crippen molar-refractivity contribution in [3.8, 4) is 0 Å². The Labute approximate surface area is 155 Å². The molecule has 0 aliphatic carbocycles. The number of likely N-dealkylation sites (N-methyl/N-ethyl adjacent to an activating group) is 1. The molecule has 2 aromatic carbocycles. The number of nitrogens with one attached hydrogen (secondary N) is 1. The SMILES string of the molecule is CCNC(Cc1cc(F)cc(Br)c1)c1cc(Br)ccc1I. The minimum Gasteiger partial charge on any atom is -0.310 e. The molecule has 0 fully saturated rings. The van der Waals surface area contributed by atoms with Gasteiger partial charge in [0.05, 0.1) is 0 Å². The van der Waals surface area contributed by atoms with Crippen LogP contribution in [-0.2, 0) is 6.42 Å². The van der Waals surface area contributed by atoms with Crippen molar-refractivity contribution in [2.75, 3.05) is 6.54 Å². The lowest BCUT2D eigenvalue weighted by atomic mass is 9.99. The lowest BCUT2D eigenvalue weighted by Gasteiger charge is -2.20. The average Bonchev–Trinajstić information content (AvgIpc) is 2.40. The molecule has 21 heavy (non-hydrogen) atoms. The molecule has 0 saturated heterocycles. The monoisotopic (exact) mass is 525 g/mol. The van der Waals surface area contributed by atoms with Gasteiger partial charge in [-0.25, -0.2) is 4.39 Å². The summed E-state index contributed by atoms with van der Waals surface area (Å²) in [5, 5.41) is 3.49. The summed E-state index contributed by atoms with van der Waals surface area (Å²) in [5.41, 5.74) is 2.20. The molecule has 0 saturated carbocycles. The van der Waals surface area contributed by atoms with Gasteiger partial charge in [-0.1, -0.05) is 38.8 Å². The molecule has 1 unspecified atom stereocenters. The van der Waals surface area contributed by atoms with Crippen molar-refractivity contribution in [3.05, 3.63) is 65.9 Å². The van der Waals surface area contributed by atoms with Crippen LogP contribution in [0.2, 0.25) is 0 Å². The second-order valence-corrected chi connectivity index (χ2v) is 7.75. The molecule has 1 N–H and O–H groups in total. The van der Waals surface area contributed by atoms with Crippen molar-refractivity contribution < 1.29 is 4.39 Å². The Kier molecular flexibility index (Phi) is 6.65. The number of halogens is 4. The second kappa shape index (κ2) is 8.04. The standard InChI is InChI=1S/C16H15Br2FIN/c1-2-21-16(14-9-11(17)3-4-15(14)20)7-10-5-12(18)8-13(19)6-10/h3-6,8-9,16,21H,2,7H2,1H3. The molecule has 0 aliphatic heterocycles. The summed E-state index contributed by atoms with van der Waals surface area (Å²) in [6, 6.07) is 11.5. The lowest BCUT2D eigenvalue weighted by Crippen LogP contribution is -2.24. The van der Waals surface area contributed by atoms with Crippen LogP contribution in [0.25, 0.3) is 0 Å². The third-order valence-corrected chi connectivity index (χ3v) is 5.08. The topological polar surface area (TPSA) is 12.0 Å². The molecule has 0 aliphatic rings. The fraction of sp³-hybridized carbons (Fsp3) is 0.250. The molecule has 112 valence electrons. The Morgan fingerprint density at radius 2 is 1.90 bits per heavy atom. The Morgan fingerprint density at radius 3 is 2.57 bits per heavy atom. The van der Waals surface area contributed by atoms with Crippen LogP contribution in [0.1, 0.15) is 24.1 Å². The molecular weight excluding hydrogens is 512 g/mol. The normalized spacial score (nSPS) is 12.4. The van der Waals surface area contributed by atoms with Gasteiger partial charge in [-0.2, -0.15) is 0 Å². The van der Waals surface area contributed by atoms with Gasteiger partial charge in [0.2, 0.25) is 0 Å². The third kappa shape index (κ3) is 5.01. The van der Waals surface area contributed by atoms with Gasteiger partial charge in [-0.3, -0.25) is 0 Å². The second-order valence-electron chi connectivity index (χ2n) is 4.76. The first-order valence-electron chi connectivity index (χ1n) is 6.63. The van der Waals surface area contributed by atoms with Gasteiger partial charge in [0.15, 0.2) is 0 Å². The lowest BCUT2D eigenvalue weighted by molar-refractivity contribution is 0.544. The molecule has 0 aromatic heterocycles. The maximum atomic E-state index is 13.6. The quantitative estimate of drug-likeness (QED) is 0.482. The smallest absolute Gasteiger partial charge is 0.124 e. The minimum atomic E-state index is -0.210. The Hall–Kier alpha value is 0.0200. The first-order chi connectivity index (χ1) is 9.99. The highest BCUT2D eigenvalue weighted by atomic mass is 127. The number of rotatable bonds is 5. The molecular formula is C16H15Br2FIN. The Morgan fingerprint density at radius 1 is 1.14 bits per heavy atom. The number of hydrogen-bond acceptors (Lipinski definition) is 1. The summed E-state index contributed by atoms with van der Waals surface area (Å²) in [5.74, 6) is -0.210. The zero-order chi connectivity index (χ0) is 15.4. The highest BCUT2D eigenvalue weighted by Gasteiger charge is 2.15. The van der Waals surface area contributed by atoms with E-state index in [0.29, 0.717) is 0 Å². The van der Waals surface area contributed by atoms with Crippen LogP contribution in [-0.4, -0.2) is 6.54 Å². The van der Waals surface area contributed by atoms with E-state index in [-0.39, 0.29) is 11.9 Å². The summed E-state index contributed by atoms with van der Waals surface area (Å²) in [4.78, 5) is 0. The molecule has 0 spiro atoms. The van der Waals surface area contributed by atoms with Gasteiger partial charge < -0.3 is 5.32 Å². The van der Waals surface area contributed by atoms with E-state index in [4.69, 9.17) is 0 Å². The van der Waals surface area contributed by atoms with E-state index < -0.39 is 0 Å². The van der Waals surface area contributed by atoms with Crippen LogP contribution in [0.15, 0.2) is 45.3 Å². The van der Waals surface area contributed by atoms with Crippen molar-refractivity contribution >= 4 is 54.5 Å². The largest absolute Gasteiger partial charge is 0.310 e. The van der Waals surface area contributed by atoms with Gasteiger partial charge >= 0.3 is 0 Å². The highest BCUT2D eigenvalue weighted by Crippen LogP contribution is 2.27. The van der Waals surface area contributed by atoms with Crippen molar-refractivity contribution in [1.29, 1.82) is 0 Å². The molecule has 0 amide bonds. The predicted molar refractivity (Wildman–Crippen MR) is 101 cm³/mol. The summed E-state index contributed by atoms with van der Waals surface area (Å²) >= 11 is 9.22. The van der Waals surface area contributed by atoms with Gasteiger partial charge in [-0.05, 0) is 83.1 Å². The molecule has 2 rings (SSSR count). The molecule has 0 heterocycles. The molecule has 0 radical (unpaired) electrons. The van der Waals surface area contributed by atoms with Crippen LogP contribution < -0.4 is 5.32 Å². The zero-order valence-corrected chi connectivity index (χ0v) is 16.8. The van der Waals surface area contributed by atoms with E-state index in [2.05, 4.69) is 78.8 Å². The third-order valence-electron chi connectivity index (χ3n) is 3.15. The summed E-state index contributed by atoms with van der Waals surface area (Å²) in [7, 11) is 0. The van der Waals surface area contributed by atoms with Gasteiger partial charge in [0.25, 0.3) is 0 Å². The van der Waals surface area contributed by atoms with Crippen LogP contribution in [0.5, 0.6) is 0 Å².